The van der Waals surface area contributed by atoms with Crippen LogP contribution < -0.4 is 5.32 Å². The van der Waals surface area contributed by atoms with Crippen LogP contribution in [0, 0.1) is 22.7 Å². The topological polar surface area (TPSA) is 79.9 Å². The van der Waals surface area contributed by atoms with Crippen LogP contribution in [0.25, 0.3) is 0 Å². The van der Waals surface area contributed by atoms with E-state index in [0.29, 0.717) is 26.1 Å². The second kappa shape index (κ2) is 9.68. The summed E-state index contributed by atoms with van der Waals surface area (Å²) in [6.07, 6.45) is 4.81. The third-order valence-corrected chi connectivity index (χ3v) is 1.96. The molecule has 0 spiro atoms. The van der Waals surface area contributed by atoms with Gasteiger partial charge in [-0.25, -0.2) is 0 Å². The first-order chi connectivity index (χ1) is 8.71. The Labute approximate surface area is 107 Å². The first-order valence-corrected chi connectivity index (χ1v) is 5.42. The van der Waals surface area contributed by atoms with Gasteiger partial charge in [0.25, 0.3) is 5.91 Å². The van der Waals surface area contributed by atoms with Crippen LogP contribution >= 0.6 is 0 Å². The van der Waals surface area contributed by atoms with Crippen molar-refractivity contribution in [3.8, 4) is 12.1 Å². The largest absolute Gasteiger partial charge is 0.389 e. The van der Waals surface area contributed by atoms with Crippen molar-refractivity contribution in [1.29, 1.82) is 10.5 Å². The van der Waals surface area contributed by atoms with Crippen LogP contribution in [0.3, 0.4) is 0 Å². The van der Waals surface area contributed by atoms with Gasteiger partial charge >= 0.3 is 0 Å². The summed E-state index contributed by atoms with van der Waals surface area (Å²) in [4.78, 5) is 13.4. The lowest BCUT2D eigenvalue weighted by molar-refractivity contribution is -0.125. The van der Waals surface area contributed by atoms with Crippen LogP contribution in [0.1, 0.15) is 6.42 Å². The molecule has 0 heterocycles. The first-order valence-electron chi connectivity index (χ1n) is 5.42. The van der Waals surface area contributed by atoms with Crippen LogP contribution in [0.15, 0.2) is 37.1 Å². The maximum atomic E-state index is 12.0. The second-order valence-corrected chi connectivity index (χ2v) is 3.32. The fourth-order valence-electron chi connectivity index (χ4n) is 1.17. The average molecular weight is 244 g/mol. The Kier molecular flexibility index (Phi) is 8.32. The Morgan fingerprint density at radius 2 is 1.89 bits per heavy atom. The second-order valence-electron chi connectivity index (χ2n) is 3.32. The summed E-state index contributed by atoms with van der Waals surface area (Å²) in [7, 11) is 0. The minimum atomic E-state index is -0.387. The number of nitrogens with zero attached hydrogens (tertiary/aromatic N) is 3. The predicted molar refractivity (Wildman–Crippen MR) is 68.9 cm³/mol. The molecule has 0 radical (unpaired) electrons. The van der Waals surface area contributed by atoms with Gasteiger partial charge in [-0.3, -0.25) is 4.79 Å². The molecule has 0 aliphatic heterocycles. The molecule has 0 saturated heterocycles. The lowest BCUT2D eigenvalue weighted by atomic mass is 10.2. The molecule has 0 bridgehead atoms. The number of carbonyl (C=O) groups excluding carboxylic acids is 1. The van der Waals surface area contributed by atoms with E-state index in [-0.39, 0.29) is 11.5 Å². The fourth-order valence-corrected chi connectivity index (χ4v) is 1.17. The lowest BCUT2D eigenvalue weighted by Gasteiger charge is -2.18. The molecule has 0 fully saturated rings. The molecule has 0 aliphatic carbocycles. The third-order valence-electron chi connectivity index (χ3n) is 1.96. The van der Waals surface area contributed by atoms with E-state index in [2.05, 4.69) is 18.5 Å². The van der Waals surface area contributed by atoms with E-state index in [9.17, 15) is 4.79 Å². The Balaban J connectivity index is 4.66. The van der Waals surface area contributed by atoms with Crippen molar-refractivity contribution in [1.82, 2.24) is 10.2 Å². The van der Waals surface area contributed by atoms with Crippen molar-refractivity contribution >= 4 is 5.91 Å². The average Bonchev–Trinajstić information content (AvgIpc) is 2.38. The highest BCUT2D eigenvalue weighted by molar-refractivity contribution is 5.97. The normalized spacial score (nSPS) is 9.78. The zero-order valence-corrected chi connectivity index (χ0v) is 10.2. The summed E-state index contributed by atoms with van der Waals surface area (Å²) in [5.74, 6) is -0.387. The van der Waals surface area contributed by atoms with Crippen molar-refractivity contribution < 1.29 is 4.79 Å². The smallest absolute Gasteiger partial charge is 0.266 e. The highest BCUT2D eigenvalue weighted by Gasteiger charge is 2.15. The van der Waals surface area contributed by atoms with E-state index in [1.807, 2.05) is 12.1 Å². The molecule has 0 aromatic heterocycles. The Morgan fingerprint density at radius 1 is 1.28 bits per heavy atom. The summed E-state index contributed by atoms with van der Waals surface area (Å²) in [6, 6.07) is 3.79. The predicted octanol–water partition coefficient (Wildman–Crippen LogP) is 1.10. The van der Waals surface area contributed by atoms with Gasteiger partial charge in [0.2, 0.25) is 0 Å². The number of amides is 1. The molecule has 1 amide bonds. The van der Waals surface area contributed by atoms with Crippen molar-refractivity contribution in [2.75, 3.05) is 19.6 Å². The standard InChI is InChI=1S/C13H16N4O/c1-3-8-17(9-4-2)13(18)12(10-15)11-16-7-5-6-14/h3-4,11,16H,1-2,5,7-9H2/b12-11-. The van der Waals surface area contributed by atoms with Crippen LogP contribution in [-0.2, 0) is 4.79 Å². The molecule has 0 aromatic carbocycles. The molecule has 5 heteroatoms. The molecule has 94 valence electrons. The molecule has 0 rings (SSSR count). The SMILES string of the molecule is C=CCN(CC=C)C(=O)/C(C#N)=C\NCCC#N. The van der Waals surface area contributed by atoms with Gasteiger partial charge in [0.15, 0.2) is 0 Å². The number of nitrogens with one attached hydrogen (secondary N) is 1. The molecule has 0 aliphatic rings. The van der Waals surface area contributed by atoms with Gasteiger partial charge < -0.3 is 10.2 Å². The van der Waals surface area contributed by atoms with E-state index in [0.717, 1.165) is 0 Å². The summed E-state index contributed by atoms with van der Waals surface area (Å²) >= 11 is 0. The molecule has 0 saturated carbocycles. The van der Waals surface area contributed by atoms with Crippen molar-refractivity contribution in [3.63, 3.8) is 0 Å². The highest BCUT2D eigenvalue weighted by Crippen LogP contribution is 2.01. The van der Waals surface area contributed by atoms with E-state index in [1.54, 1.807) is 12.2 Å². The van der Waals surface area contributed by atoms with Crippen molar-refractivity contribution in [2.24, 2.45) is 0 Å². The van der Waals surface area contributed by atoms with E-state index >= 15 is 0 Å². The Morgan fingerprint density at radius 3 is 2.33 bits per heavy atom. The van der Waals surface area contributed by atoms with Gasteiger partial charge in [0.05, 0.1) is 12.5 Å². The van der Waals surface area contributed by atoms with Gasteiger partial charge in [-0.2, -0.15) is 10.5 Å². The Bertz CT molecular complexity index is 402. The van der Waals surface area contributed by atoms with Gasteiger partial charge in [0, 0.05) is 25.8 Å². The van der Waals surface area contributed by atoms with Gasteiger partial charge in [-0.05, 0) is 0 Å². The first kappa shape index (κ1) is 15.5. The molecular formula is C13H16N4O. The van der Waals surface area contributed by atoms with Crippen LogP contribution in [-0.4, -0.2) is 30.4 Å². The molecule has 1 N–H and O–H groups in total. The molecule has 0 unspecified atom stereocenters. The summed E-state index contributed by atoms with van der Waals surface area (Å²) in [5.41, 5.74) is -0.00311. The minimum absolute atomic E-state index is 0.00311. The fraction of sp³-hybridized carbons (Fsp3) is 0.308. The lowest BCUT2D eigenvalue weighted by Crippen LogP contribution is -2.32. The van der Waals surface area contributed by atoms with Crippen LogP contribution in [0.5, 0.6) is 0 Å². The monoisotopic (exact) mass is 244 g/mol. The number of carbonyl (C=O) groups is 1. The Hall–Kier alpha value is -2.53. The van der Waals surface area contributed by atoms with E-state index in [1.165, 1.54) is 11.1 Å². The van der Waals surface area contributed by atoms with Crippen molar-refractivity contribution in [2.45, 2.75) is 6.42 Å². The molecule has 0 aromatic rings. The quantitative estimate of drug-likeness (QED) is 0.300. The van der Waals surface area contributed by atoms with E-state index < -0.39 is 0 Å². The maximum Gasteiger partial charge on any atom is 0.266 e. The molecular weight excluding hydrogens is 228 g/mol. The molecule has 18 heavy (non-hydrogen) atoms. The van der Waals surface area contributed by atoms with Gasteiger partial charge in [-0.15, -0.1) is 13.2 Å². The van der Waals surface area contributed by atoms with Crippen LogP contribution in [0.2, 0.25) is 0 Å². The zero-order valence-electron chi connectivity index (χ0n) is 10.2. The van der Waals surface area contributed by atoms with Gasteiger partial charge in [0.1, 0.15) is 11.6 Å². The van der Waals surface area contributed by atoms with Crippen molar-refractivity contribution in [3.05, 3.63) is 37.1 Å². The van der Waals surface area contributed by atoms with Gasteiger partial charge in [-0.1, -0.05) is 12.2 Å². The third kappa shape index (κ3) is 5.53. The summed E-state index contributed by atoms with van der Waals surface area (Å²) in [6.45, 7) is 8.21. The van der Waals surface area contributed by atoms with Crippen LogP contribution in [0.4, 0.5) is 0 Å². The molecule has 0 atom stereocenters. The summed E-state index contributed by atoms with van der Waals surface area (Å²) < 4.78 is 0. The van der Waals surface area contributed by atoms with E-state index in [4.69, 9.17) is 10.5 Å². The number of rotatable bonds is 8. The molecule has 5 nitrogen and oxygen atoms in total. The number of hydrogen-bond acceptors (Lipinski definition) is 4. The minimum Gasteiger partial charge on any atom is -0.389 e. The number of hydrogen-bond donors (Lipinski definition) is 1. The summed E-state index contributed by atoms with van der Waals surface area (Å²) in [5, 5.41) is 20.0. The zero-order chi connectivity index (χ0) is 13.8. The highest BCUT2D eigenvalue weighted by atomic mass is 16.2. The maximum absolute atomic E-state index is 12.0. The number of nitriles is 2.